The number of carbonyl (C=O) groups is 1. The van der Waals surface area contributed by atoms with Crippen molar-refractivity contribution in [2.75, 3.05) is 34.3 Å². The molecule has 0 aliphatic heterocycles. The van der Waals surface area contributed by atoms with E-state index in [1.807, 2.05) is 0 Å². The van der Waals surface area contributed by atoms with Crippen LogP contribution in [0.2, 0.25) is 0 Å². The number of hydrogen-bond acceptors (Lipinski definition) is 2. The van der Waals surface area contributed by atoms with Crippen LogP contribution in [0.3, 0.4) is 0 Å². The molecule has 0 aromatic heterocycles. The fraction of sp³-hybridized carbons (Fsp3) is 0.960. The van der Waals surface area contributed by atoms with E-state index in [1.165, 1.54) is 117 Å². The molecular weight excluding hydrogens is 346 g/mol. The lowest BCUT2D eigenvalue weighted by Gasteiger charge is -2.30. The van der Waals surface area contributed by atoms with Gasteiger partial charge in [-0.1, -0.05) is 84.0 Å². The van der Waals surface area contributed by atoms with Crippen molar-refractivity contribution in [2.45, 2.75) is 122 Å². The summed E-state index contributed by atoms with van der Waals surface area (Å²) < 4.78 is 5.81. The standard InChI is InChI=1S/C25H52NO2/c1-5-6-7-8-9-10-11-12-13-14-15-16-17-20-23-26(2,3)24-21-18-19-22-25(27)28-4/h5-24H2,1-4H3/q+1. The monoisotopic (exact) mass is 398 g/mol. The summed E-state index contributed by atoms with van der Waals surface area (Å²) in [6.45, 7) is 4.80. The molecule has 0 aromatic rings. The molecule has 0 aliphatic carbocycles. The van der Waals surface area contributed by atoms with Crippen molar-refractivity contribution in [3.63, 3.8) is 0 Å². The molecule has 0 unspecified atom stereocenters. The zero-order valence-electron chi connectivity index (χ0n) is 19.9. The van der Waals surface area contributed by atoms with Crippen molar-refractivity contribution in [3.05, 3.63) is 0 Å². The van der Waals surface area contributed by atoms with Gasteiger partial charge in [0.25, 0.3) is 0 Å². The molecule has 0 aliphatic rings. The van der Waals surface area contributed by atoms with Gasteiger partial charge in [0, 0.05) is 6.42 Å². The molecular formula is C25H52NO2+. The van der Waals surface area contributed by atoms with Crippen LogP contribution in [0.5, 0.6) is 0 Å². The summed E-state index contributed by atoms with van der Waals surface area (Å²) in [4.78, 5) is 11.1. The van der Waals surface area contributed by atoms with E-state index in [4.69, 9.17) is 0 Å². The fourth-order valence-electron chi connectivity index (χ4n) is 3.93. The topological polar surface area (TPSA) is 26.3 Å². The minimum absolute atomic E-state index is 0.0730. The van der Waals surface area contributed by atoms with E-state index in [1.54, 1.807) is 0 Å². The Labute approximate surface area is 177 Å². The summed E-state index contributed by atoms with van der Waals surface area (Å²) in [6, 6.07) is 0. The third-order valence-corrected chi connectivity index (χ3v) is 5.99. The Balaban J connectivity index is 3.32. The number of unbranched alkanes of at least 4 members (excludes halogenated alkanes) is 15. The summed E-state index contributed by atoms with van der Waals surface area (Å²) in [6.07, 6.45) is 23.9. The van der Waals surface area contributed by atoms with Crippen LogP contribution in [0.25, 0.3) is 0 Å². The van der Waals surface area contributed by atoms with Crippen LogP contribution < -0.4 is 0 Å². The molecule has 0 radical (unpaired) electrons. The average Bonchev–Trinajstić information content (AvgIpc) is 2.67. The van der Waals surface area contributed by atoms with Gasteiger partial charge < -0.3 is 9.22 Å². The van der Waals surface area contributed by atoms with Crippen LogP contribution in [-0.2, 0) is 9.53 Å². The summed E-state index contributed by atoms with van der Waals surface area (Å²) in [7, 11) is 6.17. The molecule has 3 nitrogen and oxygen atoms in total. The second kappa shape index (κ2) is 19.7. The molecule has 0 fully saturated rings. The Morgan fingerprint density at radius 1 is 0.607 bits per heavy atom. The van der Waals surface area contributed by atoms with Gasteiger partial charge in [0.2, 0.25) is 0 Å². The number of hydrogen-bond donors (Lipinski definition) is 0. The maximum absolute atomic E-state index is 11.1. The van der Waals surface area contributed by atoms with Crippen molar-refractivity contribution in [3.8, 4) is 0 Å². The van der Waals surface area contributed by atoms with E-state index in [9.17, 15) is 4.79 Å². The first-order valence-corrected chi connectivity index (χ1v) is 12.4. The van der Waals surface area contributed by atoms with Gasteiger partial charge >= 0.3 is 5.97 Å². The van der Waals surface area contributed by atoms with Gasteiger partial charge in [-0.2, -0.15) is 0 Å². The van der Waals surface area contributed by atoms with E-state index >= 15 is 0 Å². The minimum atomic E-state index is -0.0730. The molecule has 0 heterocycles. The van der Waals surface area contributed by atoms with Crippen molar-refractivity contribution in [2.24, 2.45) is 0 Å². The molecule has 0 saturated heterocycles. The number of nitrogens with zero attached hydrogens (tertiary/aromatic N) is 1. The van der Waals surface area contributed by atoms with Crippen LogP contribution in [0.15, 0.2) is 0 Å². The molecule has 0 amide bonds. The zero-order chi connectivity index (χ0) is 20.9. The van der Waals surface area contributed by atoms with E-state index < -0.39 is 0 Å². The summed E-state index contributed by atoms with van der Waals surface area (Å²) in [5, 5.41) is 0. The van der Waals surface area contributed by atoms with Crippen LogP contribution in [0.1, 0.15) is 122 Å². The third-order valence-electron chi connectivity index (χ3n) is 5.99. The van der Waals surface area contributed by atoms with Crippen LogP contribution in [0, 0.1) is 0 Å². The number of ether oxygens (including phenoxy) is 1. The Morgan fingerprint density at radius 2 is 0.964 bits per heavy atom. The number of methoxy groups -OCH3 is 1. The number of carbonyl (C=O) groups excluding carboxylic acids is 1. The van der Waals surface area contributed by atoms with Gasteiger partial charge in [-0.15, -0.1) is 0 Å². The maximum atomic E-state index is 11.1. The van der Waals surface area contributed by atoms with Crippen LogP contribution in [0.4, 0.5) is 0 Å². The predicted molar refractivity (Wildman–Crippen MR) is 123 cm³/mol. The first-order valence-electron chi connectivity index (χ1n) is 12.4. The van der Waals surface area contributed by atoms with E-state index in [0.717, 1.165) is 17.3 Å². The van der Waals surface area contributed by atoms with E-state index in [-0.39, 0.29) is 5.97 Å². The highest BCUT2D eigenvalue weighted by Crippen LogP contribution is 2.14. The van der Waals surface area contributed by atoms with Gasteiger partial charge in [0.05, 0.1) is 34.3 Å². The zero-order valence-corrected chi connectivity index (χ0v) is 19.9. The van der Waals surface area contributed by atoms with Crippen molar-refractivity contribution in [1.82, 2.24) is 0 Å². The van der Waals surface area contributed by atoms with Gasteiger partial charge in [-0.05, 0) is 32.1 Å². The van der Waals surface area contributed by atoms with Crippen molar-refractivity contribution in [1.29, 1.82) is 0 Å². The highest BCUT2D eigenvalue weighted by atomic mass is 16.5. The SMILES string of the molecule is CCCCCCCCCCCCCCCC[N+](C)(C)CCCCCC(=O)OC. The number of quaternary nitrogens is 1. The highest BCUT2D eigenvalue weighted by molar-refractivity contribution is 5.68. The molecule has 28 heavy (non-hydrogen) atoms. The van der Waals surface area contributed by atoms with Gasteiger partial charge in [0.15, 0.2) is 0 Å². The Hall–Kier alpha value is -0.570. The summed E-state index contributed by atoms with van der Waals surface area (Å²) in [5.74, 6) is -0.0730. The molecule has 168 valence electrons. The number of rotatable bonds is 21. The largest absolute Gasteiger partial charge is 0.469 e. The lowest BCUT2D eigenvalue weighted by Crippen LogP contribution is -2.41. The third kappa shape index (κ3) is 20.2. The van der Waals surface area contributed by atoms with Gasteiger partial charge in [-0.25, -0.2) is 0 Å². The second-order valence-corrected chi connectivity index (χ2v) is 9.37. The van der Waals surface area contributed by atoms with Crippen LogP contribution in [-0.4, -0.2) is 44.7 Å². The molecule has 0 saturated carbocycles. The number of esters is 1. The Bertz CT molecular complexity index is 341. The van der Waals surface area contributed by atoms with Crippen LogP contribution >= 0.6 is 0 Å². The summed E-state index contributed by atoms with van der Waals surface area (Å²) >= 11 is 0. The molecule has 0 rings (SSSR count). The molecule has 0 bridgehead atoms. The molecule has 3 heteroatoms. The van der Waals surface area contributed by atoms with Crippen molar-refractivity contribution >= 4 is 5.97 Å². The highest BCUT2D eigenvalue weighted by Gasteiger charge is 2.13. The maximum Gasteiger partial charge on any atom is 0.305 e. The molecule has 0 atom stereocenters. The normalized spacial score (nSPS) is 11.7. The first-order chi connectivity index (χ1) is 13.5. The lowest BCUT2D eigenvalue weighted by atomic mass is 10.0. The average molecular weight is 399 g/mol. The molecule has 0 spiro atoms. The van der Waals surface area contributed by atoms with E-state index in [2.05, 4.69) is 25.8 Å². The quantitative estimate of drug-likeness (QED) is 0.115. The lowest BCUT2D eigenvalue weighted by molar-refractivity contribution is -0.890. The van der Waals surface area contributed by atoms with E-state index in [0.29, 0.717) is 6.42 Å². The van der Waals surface area contributed by atoms with Gasteiger partial charge in [-0.3, -0.25) is 4.79 Å². The smallest absolute Gasteiger partial charge is 0.305 e. The van der Waals surface area contributed by atoms with Gasteiger partial charge in [0.1, 0.15) is 0 Å². The minimum Gasteiger partial charge on any atom is -0.469 e. The Kier molecular flexibility index (Phi) is 19.3. The Morgan fingerprint density at radius 3 is 1.36 bits per heavy atom. The van der Waals surface area contributed by atoms with Crippen molar-refractivity contribution < 1.29 is 14.0 Å². The fourth-order valence-corrected chi connectivity index (χ4v) is 3.93. The predicted octanol–water partition coefficient (Wildman–Crippen LogP) is 7.28. The second-order valence-electron chi connectivity index (χ2n) is 9.37. The molecule has 0 N–H and O–H groups in total. The first kappa shape index (κ1) is 27.4. The summed E-state index contributed by atoms with van der Waals surface area (Å²) in [5.41, 5.74) is 0. The molecule has 0 aromatic carbocycles.